The number of pyridine rings is 1. The quantitative estimate of drug-likeness (QED) is 0.755. The van der Waals surface area contributed by atoms with E-state index in [0.29, 0.717) is 6.04 Å². The monoisotopic (exact) mass is 350 g/mol. The second-order valence-electron chi connectivity index (χ2n) is 4.93. The molecule has 0 amide bonds. The maximum absolute atomic E-state index is 4.51. The molecule has 0 aliphatic carbocycles. The number of hydrogen-bond acceptors (Lipinski definition) is 4. The van der Waals surface area contributed by atoms with Gasteiger partial charge in [0.2, 0.25) is 0 Å². The van der Waals surface area contributed by atoms with Crippen molar-refractivity contribution in [2.45, 2.75) is 26.4 Å². The van der Waals surface area contributed by atoms with Crippen molar-refractivity contribution < 1.29 is 0 Å². The zero-order valence-corrected chi connectivity index (χ0v) is 13.7. The average Bonchev–Trinajstić information content (AvgIpc) is 3.01. The summed E-state index contributed by atoms with van der Waals surface area (Å²) in [6.07, 6.45) is 3.74. The molecule has 0 aliphatic heterocycles. The summed E-state index contributed by atoms with van der Waals surface area (Å²) >= 11 is 5.17. The van der Waals surface area contributed by atoms with Gasteiger partial charge >= 0.3 is 0 Å². The molecule has 1 N–H and O–H groups in total. The Morgan fingerprint density at radius 3 is 2.90 bits per heavy atom. The molecule has 0 saturated carbocycles. The number of halogens is 1. The van der Waals surface area contributed by atoms with Gasteiger partial charge in [-0.25, -0.2) is 9.67 Å². The number of aromatic nitrogens is 3. The Morgan fingerprint density at radius 1 is 1.35 bits per heavy atom. The van der Waals surface area contributed by atoms with Crippen LogP contribution in [0.1, 0.15) is 25.5 Å². The molecule has 0 unspecified atom stereocenters. The van der Waals surface area contributed by atoms with Gasteiger partial charge in [-0.15, -0.1) is 11.3 Å². The van der Waals surface area contributed by atoms with E-state index in [-0.39, 0.29) is 0 Å². The molecule has 0 saturated heterocycles. The van der Waals surface area contributed by atoms with Crippen LogP contribution in [0.4, 0.5) is 5.69 Å². The molecule has 0 fully saturated rings. The van der Waals surface area contributed by atoms with Crippen LogP contribution in [0.2, 0.25) is 0 Å². The van der Waals surface area contributed by atoms with Gasteiger partial charge in [0, 0.05) is 18.0 Å². The largest absolute Gasteiger partial charge is 0.380 e. The predicted molar refractivity (Wildman–Crippen MR) is 87.3 cm³/mol. The normalized spacial score (nSPS) is 11.4. The van der Waals surface area contributed by atoms with Crippen molar-refractivity contribution in [3.63, 3.8) is 0 Å². The van der Waals surface area contributed by atoms with Crippen LogP contribution in [0.15, 0.2) is 33.7 Å². The summed E-state index contributed by atoms with van der Waals surface area (Å²) < 4.78 is 3.09. The van der Waals surface area contributed by atoms with E-state index in [0.717, 1.165) is 27.1 Å². The summed E-state index contributed by atoms with van der Waals surface area (Å²) in [6, 6.07) is 4.54. The van der Waals surface area contributed by atoms with E-state index in [2.05, 4.69) is 62.7 Å². The molecule has 0 aromatic carbocycles. The van der Waals surface area contributed by atoms with E-state index >= 15 is 0 Å². The summed E-state index contributed by atoms with van der Waals surface area (Å²) in [5.74, 6) is 0. The number of nitrogens with one attached hydrogen (secondary N) is 1. The molecule has 104 valence electrons. The Hall–Kier alpha value is -1.40. The lowest BCUT2D eigenvalue weighted by Gasteiger charge is -2.07. The van der Waals surface area contributed by atoms with Gasteiger partial charge in [0.25, 0.3) is 0 Å². The molecule has 3 aromatic rings. The van der Waals surface area contributed by atoms with E-state index in [1.54, 1.807) is 11.3 Å². The number of anilines is 1. The lowest BCUT2D eigenvalue weighted by atomic mass is 10.3. The highest BCUT2D eigenvalue weighted by atomic mass is 79.9. The number of nitrogens with zero attached hydrogens (tertiary/aromatic N) is 3. The average molecular weight is 351 g/mol. The van der Waals surface area contributed by atoms with Crippen molar-refractivity contribution >= 4 is 44.0 Å². The van der Waals surface area contributed by atoms with Crippen molar-refractivity contribution in [1.29, 1.82) is 0 Å². The maximum atomic E-state index is 4.51. The molecule has 0 spiro atoms. The lowest BCUT2D eigenvalue weighted by Crippen LogP contribution is -2.03. The smallest absolute Gasteiger partial charge is 0.158 e. The topological polar surface area (TPSA) is 42.7 Å². The highest BCUT2D eigenvalue weighted by Crippen LogP contribution is 2.22. The fraction of sp³-hybridized carbons (Fsp3) is 0.286. The molecular formula is C14H15BrN4S. The first-order valence-corrected chi connectivity index (χ1v) is 8.11. The second-order valence-corrected chi connectivity index (χ2v) is 7.22. The Balaban J connectivity index is 1.79. The first-order chi connectivity index (χ1) is 9.63. The Morgan fingerprint density at radius 2 is 2.20 bits per heavy atom. The molecule has 20 heavy (non-hydrogen) atoms. The minimum absolute atomic E-state index is 0.321. The minimum Gasteiger partial charge on any atom is -0.380 e. The summed E-state index contributed by atoms with van der Waals surface area (Å²) in [5, 5.41) is 11.0. The number of thiophene rings is 1. The Bertz CT molecular complexity index is 732. The predicted octanol–water partition coefficient (Wildman–Crippen LogP) is 4.45. The van der Waals surface area contributed by atoms with E-state index in [9.17, 15) is 0 Å². The third-order valence-corrected chi connectivity index (χ3v) is 4.59. The van der Waals surface area contributed by atoms with E-state index < -0.39 is 0 Å². The van der Waals surface area contributed by atoms with Crippen LogP contribution in [-0.4, -0.2) is 14.8 Å². The first-order valence-electron chi connectivity index (χ1n) is 6.43. The fourth-order valence-corrected chi connectivity index (χ4v) is 3.27. The SMILES string of the molecule is CC(C)n1ncc2cc(NCc3csc(Br)c3)cnc21. The molecule has 3 heterocycles. The Kier molecular flexibility index (Phi) is 3.76. The molecule has 0 atom stereocenters. The molecule has 0 aliphatic rings. The van der Waals surface area contributed by atoms with Crippen molar-refractivity contribution in [1.82, 2.24) is 14.8 Å². The summed E-state index contributed by atoms with van der Waals surface area (Å²) in [4.78, 5) is 4.51. The first kappa shape index (κ1) is 13.6. The third-order valence-electron chi connectivity index (χ3n) is 3.04. The highest BCUT2D eigenvalue weighted by molar-refractivity contribution is 9.11. The van der Waals surface area contributed by atoms with Gasteiger partial charge in [-0.2, -0.15) is 5.10 Å². The molecule has 4 nitrogen and oxygen atoms in total. The highest BCUT2D eigenvalue weighted by Gasteiger charge is 2.07. The van der Waals surface area contributed by atoms with Gasteiger partial charge in [0.05, 0.1) is 21.9 Å². The van der Waals surface area contributed by atoms with Gasteiger partial charge in [-0.1, -0.05) is 0 Å². The second kappa shape index (κ2) is 5.54. The molecule has 0 radical (unpaired) electrons. The van der Waals surface area contributed by atoms with Crippen LogP contribution in [0.5, 0.6) is 0 Å². The molecule has 0 bridgehead atoms. The minimum atomic E-state index is 0.321. The van der Waals surface area contributed by atoms with Crippen LogP contribution in [-0.2, 0) is 6.54 Å². The van der Waals surface area contributed by atoms with Crippen molar-refractivity contribution in [2.24, 2.45) is 0 Å². The molecule has 6 heteroatoms. The van der Waals surface area contributed by atoms with Crippen LogP contribution < -0.4 is 5.32 Å². The van der Waals surface area contributed by atoms with E-state index in [4.69, 9.17) is 0 Å². The summed E-state index contributed by atoms with van der Waals surface area (Å²) in [5.41, 5.74) is 3.21. The maximum Gasteiger partial charge on any atom is 0.158 e. The lowest BCUT2D eigenvalue weighted by molar-refractivity contribution is 0.546. The fourth-order valence-electron chi connectivity index (χ4n) is 2.06. The standard InChI is InChI=1S/C14H15BrN4S/c1-9(2)19-14-11(6-18-19)4-12(7-17-14)16-5-10-3-13(15)20-8-10/h3-4,6-9,16H,5H2,1-2H3. The molecule has 3 rings (SSSR count). The van der Waals surface area contributed by atoms with Gasteiger partial charge in [-0.05, 0) is 52.9 Å². The van der Waals surface area contributed by atoms with Crippen LogP contribution in [0.3, 0.4) is 0 Å². The van der Waals surface area contributed by atoms with Gasteiger partial charge < -0.3 is 5.32 Å². The summed E-state index contributed by atoms with van der Waals surface area (Å²) in [6.45, 7) is 5.01. The van der Waals surface area contributed by atoms with Gasteiger partial charge in [0.15, 0.2) is 5.65 Å². The van der Waals surface area contributed by atoms with Crippen LogP contribution >= 0.6 is 27.3 Å². The van der Waals surface area contributed by atoms with E-state index in [1.165, 1.54) is 5.56 Å². The molecular weight excluding hydrogens is 336 g/mol. The Labute approximate surface area is 130 Å². The van der Waals surface area contributed by atoms with Crippen molar-refractivity contribution in [3.8, 4) is 0 Å². The molecule has 3 aromatic heterocycles. The van der Waals surface area contributed by atoms with Crippen LogP contribution in [0.25, 0.3) is 11.0 Å². The van der Waals surface area contributed by atoms with Gasteiger partial charge in [-0.3, -0.25) is 0 Å². The zero-order chi connectivity index (χ0) is 14.1. The zero-order valence-electron chi connectivity index (χ0n) is 11.3. The van der Waals surface area contributed by atoms with E-state index in [1.807, 2.05) is 17.1 Å². The number of rotatable bonds is 4. The van der Waals surface area contributed by atoms with Crippen LogP contribution in [0, 0.1) is 0 Å². The summed E-state index contributed by atoms with van der Waals surface area (Å²) in [7, 11) is 0. The third kappa shape index (κ3) is 2.71. The van der Waals surface area contributed by atoms with Crippen molar-refractivity contribution in [2.75, 3.05) is 5.32 Å². The number of hydrogen-bond donors (Lipinski definition) is 1. The number of fused-ring (bicyclic) bond motifs is 1. The van der Waals surface area contributed by atoms with Gasteiger partial charge in [0.1, 0.15) is 0 Å². The van der Waals surface area contributed by atoms with Crippen molar-refractivity contribution in [3.05, 3.63) is 39.3 Å².